The van der Waals surface area contributed by atoms with Crippen LogP contribution in [0.25, 0.3) is 6.08 Å². The van der Waals surface area contributed by atoms with Gasteiger partial charge in [0.2, 0.25) is 0 Å². The summed E-state index contributed by atoms with van der Waals surface area (Å²) in [6.45, 7) is 6.81. The zero-order valence-corrected chi connectivity index (χ0v) is 8.23. The van der Waals surface area contributed by atoms with Gasteiger partial charge in [0.25, 0.3) is 0 Å². The Hall–Kier alpha value is -2.17. The molecule has 0 aliphatic carbocycles. The standard InChI is InChI=1S/C10H10N2O3/c1-4-6-5-12-8(10(14)15-3)9(13)7(6)11-2/h4-5,13H,1-2H2,3H3. The van der Waals surface area contributed by atoms with Crippen molar-refractivity contribution in [1.29, 1.82) is 0 Å². The Labute approximate surface area is 86.8 Å². The van der Waals surface area contributed by atoms with E-state index in [0.29, 0.717) is 5.56 Å². The second-order valence-corrected chi connectivity index (χ2v) is 2.61. The second kappa shape index (κ2) is 4.36. The van der Waals surface area contributed by atoms with E-state index in [1.807, 2.05) is 0 Å². The Morgan fingerprint density at radius 3 is 2.87 bits per heavy atom. The molecular formula is C10H10N2O3. The van der Waals surface area contributed by atoms with Crippen molar-refractivity contribution in [3.05, 3.63) is 24.0 Å². The number of aromatic hydroxyl groups is 1. The summed E-state index contributed by atoms with van der Waals surface area (Å²) in [4.78, 5) is 18.5. The van der Waals surface area contributed by atoms with Gasteiger partial charge in [-0.3, -0.25) is 4.99 Å². The third kappa shape index (κ3) is 1.85. The highest BCUT2D eigenvalue weighted by atomic mass is 16.5. The van der Waals surface area contributed by atoms with E-state index in [9.17, 15) is 9.90 Å². The maximum atomic E-state index is 11.2. The van der Waals surface area contributed by atoms with Crippen LogP contribution in [0.4, 0.5) is 5.69 Å². The molecule has 0 saturated heterocycles. The number of hydrogen-bond acceptors (Lipinski definition) is 5. The first-order valence-corrected chi connectivity index (χ1v) is 4.05. The van der Waals surface area contributed by atoms with Crippen molar-refractivity contribution >= 4 is 24.5 Å². The number of ether oxygens (including phenoxy) is 1. The second-order valence-electron chi connectivity index (χ2n) is 2.61. The summed E-state index contributed by atoms with van der Waals surface area (Å²) < 4.78 is 4.44. The summed E-state index contributed by atoms with van der Waals surface area (Å²) in [5.74, 6) is -1.08. The van der Waals surface area contributed by atoms with Crippen LogP contribution in [-0.4, -0.2) is 29.9 Å². The molecule has 1 rings (SSSR count). The molecule has 0 aliphatic heterocycles. The molecule has 1 N–H and O–H groups in total. The van der Waals surface area contributed by atoms with Crippen molar-refractivity contribution in [2.24, 2.45) is 4.99 Å². The molecule has 0 unspecified atom stereocenters. The Bertz CT molecular complexity index is 427. The third-order valence-corrected chi connectivity index (χ3v) is 1.81. The van der Waals surface area contributed by atoms with Gasteiger partial charge in [-0.2, -0.15) is 0 Å². The lowest BCUT2D eigenvalue weighted by atomic mass is 10.2. The number of nitrogens with zero attached hydrogens (tertiary/aromatic N) is 2. The fraction of sp³-hybridized carbons (Fsp3) is 0.100. The fourth-order valence-electron chi connectivity index (χ4n) is 1.07. The van der Waals surface area contributed by atoms with Gasteiger partial charge >= 0.3 is 5.97 Å². The smallest absolute Gasteiger partial charge is 0.360 e. The quantitative estimate of drug-likeness (QED) is 0.601. The molecule has 1 aromatic heterocycles. The third-order valence-electron chi connectivity index (χ3n) is 1.81. The Morgan fingerprint density at radius 2 is 2.40 bits per heavy atom. The predicted molar refractivity (Wildman–Crippen MR) is 56.5 cm³/mol. The van der Waals surface area contributed by atoms with E-state index in [1.165, 1.54) is 19.4 Å². The molecule has 15 heavy (non-hydrogen) atoms. The normalized spacial score (nSPS) is 9.40. The van der Waals surface area contributed by atoms with E-state index in [-0.39, 0.29) is 17.1 Å². The van der Waals surface area contributed by atoms with Crippen LogP contribution in [0.5, 0.6) is 5.75 Å². The molecule has 0 bridgehead atoms. The highest BCUT2D eigenvalue weighted by Gasteiger charge is 2.18. The van der Waals surface area contributed by atoms with Gasteiger partial charge in [-0.1, -0.05) is 12.7 Å². The van der Waals surface area contributed by atoms with Crippen LogP contribution in [0.15, 0.2) is 17.8 Å². The molecule has 78 valence electrons. The predicted octanol–water partition coefficient (Wildman–Crippen LogP) is 1.55. The number of carbonyl (C=O) groups excluding carboxylic acids is 1. The number of methoxy groups -OCH3 is 1. The van der Waals surface area contributed by atoms with Gasteiger partial charge in [0.1, 0.15) is 5.69 Å². The van der Waals surface area contributed by atoms with Crippen molar-refractivity contribution in [1.82, 2.24) is 4.98 Å². The number of aliphatic imine (C=N–C) groups is 1. The van der Waals surface area contributed by atoms with Crippen LogP contribution in [0, 0.1) is 0 Å². The van der Waals surface area contributed by atoms with Crippen LogP contribution in [0.2, 0.25) is 0 Å². The number of rotatable bonds is 3. The van der Waals surface area contributed by atoms with Crippen LogP contribution < -0.4 is 0 Å². The summed E-state index contributed by atoms with van der Waals surface area (Å²) in [6.07, 6.45) is 2.82. The number of aromatic nitrogens is 1. The molecule has 0 aliphatic rings. The van der Waals surface area contributed by atoms with Crippen molar-refractivity contribution in [3.8, 4) is 5.75 Å². The van der Waals surface area contributed by atoms with Crippen molar-refractivity contribution in [2.45, 2.75) is 0 Å². The highest BCUT2D eigenvalue weighted by molar-refractivity contribution is 5.93. The van der Waals surface area contributed by atoms with Gasteiger partial charge in [-0.25, -0.2) is 9.78 Å². The fourth-order valence-corrected chi connectivity index (χ4v) is 1.07. The number of carbonyl (C=O) groups is 1. The summed E-state index contributed by atoms with van der Waals surface area (Å²) in [7, 11) is 1.20. The first-order valence-electron chi connectivity index (χ1n) is 4.05. The van der Waals surface area contributed by atoms with Gasteiger partial charge in [-0.15, -0.1) is 0 Å². The Balaban J connectivity index is 3.41. The molecular weight excluding hydrogens is 196 g/mol. The maximum Gasteiger partial charge on any atom is 0.360 e. The molecule has 0 spiro atoms. The Morgan fingerprint density at radius 1 is 1.73 bits per heavy atom. The molecule has 0 saturated carbocycles. The monoisotopic (exact) mass is 206 g/mol. The van der Waals surface area contributed by atoms with Gasteiger partial charge < -0.3 is 9.84 Å². The van der Waals surface area contributed by atoms with Crippen molar-refractivity contribution in [3.63, 3.8) is 0 Å². The van der Waals surface area contributed by atoms with E-state index >= 15 is 0 Å². The first kappa shape index (κ1) is 10.9. The Kier molecular flexibility index (Phi) is 3.17. The van der Waals surface area contributed by atoms with E-state index in [2.05, 4.69) is 28.0 Å². The van der Waals surface area contributed by atoms with Gasteiger partial charge in [0.05, 0.1) is 7.11 Å². The minimum Gasteiger partial charge on any atom is -0.504 e. The van der Waals surface area contributed by atoms with Crippen LogP contribution >= 0.6 is 0 Å². The topological polar surface area (TPSA) is 71.8 Å². The van der Waals surface area contributed by atoms with E-state index in [4.69, 9.17) is 0 Å². The average Bonchev–Trinajstić information content (AvgIpc) is 2.27. The minimum atomic E-state index is -0.729. The van der Waals surface area contributed by atoms with Gasteiger partial charge in [0.15, 0.2) is 11.4 Å². The largest absolute Gasteiger partial charge is 0.504 e. The van der Waals surface area contributed by atoms with E-state index in [0.717, 1.165) is 0 Å². The molecule has 1 heterocycles. The average molecular weight is 206 g/mol. The minimum absolute atomic E-state index is 0.167. The molecule has 0 radical (unpaired) electrons. The maximum absolute atomic E-state index is 11.2. The molecule has 5 nitrogen and oxygen atoms in total. The zero-order chi connectivity index (χ0) is 11.4. The SMILES string of the molecule is C=Cc1cnc(C(=O)OC)c(O)c1N=C. The molecule has 1 aromatic rings. The zero-order valence-electron chi connectivity index (χ0n) is 8.23. The lowest BCUT2D eigenvalue weighted by Gasteiger charge is -2.06. The van der Waals surface area contributed by atoms with E-state index < -0.39 is 5.97 Å². The van der Waals surface area contributed by atoms with Crippen molar-refractivity contribution < 1.29 is 14.6 Å². The molecule has 0 aromatic carbocycles. The van der Waals surface area contributed by atoms with Crippen LogP contribution in [0.3, 0.4) is 0 Å². The lowest BCUT2D eigenvalue weighted by Crippen LogP contribution is -2.04. The summed E-state index contributed by atoms with van der Waals surface area (Å²) in [5, 5.41) is 9.66. The van der Waals surface area contributed by atoms with Crippen LogP contribution in [-0.2, 0) is 4.74 Å². The molecule has 0 atom stereocenters. The summed E-state index contributed by atoms with van der Waals surface area (Å²) >= 11 is 0. The number of hydrogen-bond donors (Lipinski definition) is 1. The van der Waals surface area contributed by atoms with E-state index in [1.54, 1.807) is 0 Å². The number of pyridine rings is 1. The molecule has 5 heteroatoms. The summed E-state index contributed by atoms with van der Waals surface area (Å²) in [5.41, 5.74) is 0.473. The van der Waals surface area contributed by atoms with Gasteiger partial charge in [0, 0.05) is 11.8 Å². The summed E-state index contributed by atoms with van der Waals surface area (Å²) in [6, 6.07) is 0. The van der Waals surface area contributed by atoms with Crippen molar-refractivity contribution in [2.75, 3.05) is 7.11 Å². The lowest BCUT2D eigenvalue weighted by molar-refractivity contribution is 0.0590. The highest BCUT2D eigenvalue weighted by Crippen LogP contribution is 2.33. The van der Waals surface area contributed by atoms with Gasteiger partial charge in [-0.05, 0) is 6.72 Å². The molecule has 0 fully saturated rings. The first-order chi connectivity index (χ1) is 7.15. The number of esters is 1. The van der Waals surface area contributed by atoms with Crippen LogP contribution in [0.1, 0.15) is 16.1 Å². The molecule has 0 amide bonds.